The number of amides is 1. The molecule has 0 radical (unpaired) electrons. The second-order valence-electron chi connectivity index (χ2n) is 3.68. The lowest BCUT2D eigenvalue weighted by molar-refractivity contribution is -0.122. The molecule has 2 fully saturated rings. The Morgan fingerprint density at radius 1 is 1.54 bits per heavy atom. The van der Waals surface area contributed by atoms with Gasteiger partial charge in [0.1, 0.15) is 0 Å². The number of rotatable bonds is 1. The van der Waals surface area contributed by atoms with Crippen molar-refractivity contribution in [2.75, 3.05) is 26.3 Å². The first kappa shape index (κ1) is 8.97. The predicted molar refractivity (Wildman–Crippen MR) is 48.4 cm³/mol. The first-order valence-electron chi connectivity index (χ1n) is 4.91. The van der Waals surface area contributed by atoms with E-state index < -0.39 is 0 Å². The van der Waals surface area contributed by atoms with Crippen molar-refractivity contribution < 1.29 is 9.53 Å². The minimum Gasteiger partial charge on any atom is -0.378 e. The van der Waals surface area contributed by atoms with Crippen LogP contribution in [0.2, 0.25) is 0 Å². The summed E-state index contributed by atoms with van der Waals surface area (Å²) in [4.78, 5) is 13.7. The molecule has 1 N–H and O–H groups in total. The third-order valence-electron chi connectivity index (χ3n) is 2.88. The first-order chi connectivity index (χ1) is 6.31. The lowest BCUT2D eigenvalue weighted by Gasteiger charge is -2.38. The molecular weight excluding hydrogens is 168 g/mol. The highest BCUT2D eigenvalue weighted by Crippen LogP contribution is 2.17. The van der Waals surface area contributed by atoms with Gasteiger partial charge in [0.05, 0.1) is 19.3 Å². The minimum atomic E-state index is 0.163. The van der Waals surface area contributed by atoms with E-state index in [0.29, 0.717) is 25.1 Å². The summed E-state index contributed by atoms with van der Waals surface area (Å²) in [5, 5.41) is 2.92. The van der Waals surface area contributed by atoms with Gasteiger partial charge < -0.3 is 10.1 Å². The zero-order valence-electron chi connectivity index (χ0n) is 7.95. The quantitative estimate of drug-likeness (QED) is 0.602. The highest BCUT2D eigenvalue weighted by molar-refractivity contribution is 5.77. The molecule has 13 heavy (non-hydrogen) atoms. The van der Waals surface area contributed by atoms with Crippen LogP contribution in [-0.4, -0.2) is 49.2 Å². The normalized spacial score (nSPS) is 35.3. The molecule has 4 heteroatoms. The molecule has 2 aliphatic heterocycles. The molecule has 0 aromatic rings. The summed E-state index contributed by atoms with van der Waals surface area (Å²) in [5.41, 5.74) is 0. The fraction of sp³-hybridized carbons (Fsp3) is 0.889. The van der Waals surface area contributed by atoms with Crippen molar-refractivity contribution in [3.63, 3.8) is 0 Å². The van der Waals surface area contributed by atoms with Crippen LogP contribution in [-0.2, 0) is 9.53 Å². The Labute approximate surface area is 78.2 Å². The number of likely N-dealkylation sites (N-methyl/N-ethyl adjacent to an activating group) is 1. The number of nitrogens with zero attached hydrogens (tertiary/aromatic N) is 1. The number of morpholine rings is 1. The zero-order valence-corrected chi connectivity index (χ0v) is 7.95. The molecule has 2 saturated heterocycles. The van der Waals surface area contributed by atoms with Crippen LogP contribution < -0.4 is 5.32 Å². The lowest BCUT2D eigenvalue weighted by Crippen LogP contribution is -2.52. The van der Waals surface area contributed by atoms with Crippen LogP contribution in [0.1, 0.15) is 13.3 Å². The molecule has 0 saturated carbocycles. The van der Waals surface area contributed by atoms with Gasteiger partial charge >= 0.3 is 0 Å². The first-order valence-corrected chi connectivity index (χ1v) is 4.91. The highest BCUT2D eigenvalue weighted by Gasteiger charge is 2.34. The Bertz CT molecular complexity index is 208. The smallest absolute Gasteiger partial charge is 0.221 e. The van der Waals surface area contributed by atoms with Crippen LogP contribution in [0, 0.1) is 0 Å². The van der Waals surface area contributed by atoms with Gasteiger partial charge in [-0.05, 0) is 6.54 Å². The van der Waals surface area contributed by atoms with E-state index in [9.17, 15) is 4.79 Å². The van der Waals surface area contributed by atoms with E-state index in [0.717, 1.165) is 19.7 Å². The maximum absolute atomic E-state index is 11.3. The standard InChI is InChI=1S/C9H16N2O2/c1-2-11-7-3-9(12)10-4-8(11)6-13-5-7/h7-8H,2-6H2,1H3,(H,10,12). The van der Waals surface area contributed by atoms with Crippen molar-refractivity contribution in [1.29, 1.82) is 0 Å². The number of carbonyl (C=O) groups excluding carboxylic acids is 1. The highest BCUT2D eigenvalue weighted by atomic mass is 16.5. The summed E-state index contributed by atoms with van der Waals surface area (Å²) in [6.45, 7) is 5.35. The van der Waals surface area contributed by atoms with Gasteiger partial charge in [0.25, 0.3) is 0 Å². The summed E-state index contributed by atoms with van der Waals surface area (Å²) in [6.07, 6.45) is 0.588. The SMILES string of the molecule is CCN1C2CNC(=O)CC1COC2. The van der Waals surface area contributed by atoms with Crippen molar-refractivity contribution in [2.45, 2.75) is 25.4 Å². The van der Waals surface area contributed by atoms with Gasteiger partial charge in [-0.15, -0.1) is 0 Å². The van der Waals surface area contributed by atoms with Gasteiger partial charge in [0, 0.05) is 19.0 Å². The fourth-order valence-electron chi connectivity index (χ4n) is 2.22. The van der Waals surface area contributed by atoms with E-state index in [1.807, 2.05) is 0 Å². The van der Waals surface area contributed by atoms with Crippen LogP contribution in [0.5, 0.6) is 0 Å². The monoisotopic (exact) mass is 184 g/mol. The van der Waals surface area contributed by atoms with Gasteiger partial charge in [-0.2, -0.15) is 0 Å². The molecule has 2 aliphatic rings. The molecule has 0 aromatic carbocycles. The summed E-state index contributed by atoms with van der Waals surface area (Å²) in [5.74, 6) is 0.163. The molecule has 2 atom stereocenters. The van der Waals surface area contributed by atoms with E-state index >= 15 is 0 Å². The second-order valence-corrected chi connectivity index (χ2v) is 3.68. The summed E-state index contributed by atoms with van der Waals surface area (Å²) >= 11 is 0. The molecule has 74 valence electrons. The zero-order chi connectivity index (χ0) is 9.26. The molecule has 2 rings (SSSR count). The largest absolute Gasteiger partial charge is 0.378 e. The van der Waals surface area contributed by atoms with Gasteiger partial charge in [-0.1, -0.05) is 6.92 Å². The Morgan fingerprint density at radius 2 is 2.31 bits per heavy atom. The topological polar surface area (TPSA) is 41.6 Å². The number of nitrogens with one attached hydrogen (secondary N) is 1. The Morgan fingerprint density at radius 3 is 3.08 bits per heavy atom. The molecule has 0 spiro atoms. The van der Waals surface area contributed by atoms with E-state index in [2.05, 4.69) is 17.1 Å². The van der Waals surface area contributed by atoms with Gasteiger partial charge in [-0.25, -0.2) is 0 Å². The Kier molecular flexibility index (Phi) is 2.51. The van der Waals surface area contributed by atoms with E-state index in [-0.39, 0.29) is 5.91 Å². The number of hydrogen-bond acceptors (Lipinski definition) is 3. The molecule has 1 amide bonds. The molecule has 2 heterocycles. The maximum atomic E-state index is 11.3. The summed E-state index contributed by atoms with van der Waals surface area (Å²) in [6, 6.07) is 0.682. The molecule has 2 unspecified atom stereocenters. The molecule has 2 bridgehead atoms. The van der Waals surface area contributed by atoms with Gasteiger partial charge in [0.2, 0.25) is 5.91 Å². The Hall–Kier alpha value is -0.610. The van der Waals surface area contributed by atoms with Crippen molar-refractivity contribution >= 4 is 5.91 Å². The summed E-state index contributed by atoms with van der Waals surface area (Å²) in [7, 11) is 0. The molecule has 0 aliphatic carbocycles. The molecular formula is C9H16N2O2. The van der Waals surface area contributed by atoms with Crippen molar-refractivity contribution in [2.24, 2.45) is 0 Å². The van der Waals surface area contributed by atoms with E-state index in [1.54, 1.807) is 0 Å². The third kappa shape index (κ3) is 1.69. The van der Waals surface area contributed by atoms with Crippen LogP contribution in [0.25, 0.3) is 0 Å². The number of hydrogen-bond donors (Lipinski definition) is 1. The molecule has 0 aromatic heterocycles. The average molecular weight is 184 g/mol. The van der Waals surface area contributed by atoms with Gasteiger partial charge in [-0.3, -0.25) is 9.69 Å². The van der Waals surface area contributed by atoms with Crippen molar-refractivity contribution in [1.82, 2.24) is 10.2 Å². The summed E-state index contributed by atoms with van der Waals surface area (Å²) < 4.78 is 5.46. The number of fused-ring (bicyclic) bond motifs is 2. The van der Waals surface area contributed by atoms with Gasteiger partial charge in [0.15, 0.2) is 0 Å². The minimum absolute atomic E-state index is 0.163. The van der Waals surface area contributed by atoms with Crippen LogP contribution >= 0.6 is 0 Å². The van der Waals surface area contributed by atoms with E-state index in [1.165, 1.54) is 0 Å². The fourth-order valence-corrected chi connectivity index (χ4v) is 2.22. The van der Waals surface area contributed by atoms with Crippen LogP contribution in [0.15, 0.2) is 0 Å². The predicted octanol–water partition coefficient (Wildman–Crippen LogP) is -0.404. The average Bonchev–Trinajstić information content (AvgIpc) is 2.21. The molecule has 4 nitrogen and oxygen atoms in total. The lowest BCUT2D eigenvalue weighted by atomic mass is 10.1. The second kappa shape index (κ2) is 3.64. The Balaban J connectivity index is 2.13. The third-order valence-corrected chi connectivity index (χ3v) is 2.88. The number of ether oxygens (including phenoxy) is 1. The van der Waals surface area contributed by atoms with E-state index in [4.69, 9.17) is 4.74 Å². The van der Waals surface area contributed by atoms with Crippen LogP contribution in [0.3, 0.4) is 0 Å². The number of carbonyl (C=O) groups is 1. The van der Waals surface area contributed by atoms with Crippen LogP contribution in [0.4, 0.5) is 0 Å². The van der Waals surface area contributed by atoms with Crippen molar-refractivity contribution in [3.05, 3.63) is 0 Å². The van der Waals surface area contributed by atoms with Crippen molar-refractivity contribution in [3.8, 4) is 0 Å². The maximum Gasteiger partial charge on any atom is 0.221 e.